The standard InChI is InChI=1S/C10H11NO3/c12-10(13)8-3-6-14-9(8)7-1-4-11-5-2-7/h1-2,4-5,8-9H,3,6H2,(H,12,13)/t8-,9-/m1/s1. The summed E-state index contributed by atoms with van der Waals surface area (Å²) < 4.78 is 5.40. The average Bonchev–Trinajstić information content (AvgIpc) is 2.67. The van der Waals surface area contributed by atoms with Gasteiger partial charge in [0.15, 0.2) is 0 Å². The number of carboxylic acids is 1. The van der Waals surface area contributed by atoms with E-state index in [1.807, 2.05) is 0 Å². The number of hydrogen-bond acceptors (Lipinski definition) is 3. The second-order valence-corrected chi connectivity index (χ2v) is 3.31. The molecule has 0 bridgehead atoms. The normalized spacial score (nSPS) is 26.3. The molecule has 2 rings (SSSR count). The van der Waals surface area contributed by atoms with Crippen molar-refractivity contribution in [1.82, 2.24) is 4.98 Å². The fraction of sp³-hybridized carbons (Fsp3) is 0.400. The van der Waals surface area contributed by atoms with Gasteiger partial charge in [-0.05, 0) is 24.1 Å². The number of aromatic nitrogens is 1. The molecule has 1 aromatic heterocycles. The molecule has 4 heteroatoms. The van der Waals surface area contributed by atoms with Crippen molar-refractivity contribution >= 4 is 5.97 Å². The first-order chi connectivity index (χ1) is 6.79. The van der Waals surface area contributed by atoms with Gasteiger partial charge in [-0.2, -0.15) is 0 Å². The van der Waals surface area contributed by atoms with Crippen LogP contribution in [0.3, 0.4) is 0 Å². The Kier molecular flexibility index (Phi) is 2.45. The number of rotatable bonds is 2. The Hall–Kier alpha value is -1.42. The van der Waals surface area contributed by atoms with Crippen LogP contribution < -0.4 is 0 Å². The Bertz CT molecular complexity index is 325. The fourth-order valence-corrected chi connectivity index (χ4v) is 1.72. The third kappa shape index (κ3) is 1.61. The SMILES string of the molecule is O=C(O)[C@@H]1CCO[C@@H]1c1ccncc1. The van der Waals surface area contributed by atoms with E-state index in [1.165, 1.54) is 0 Å². The molecule has 2 atom stereocenters. The van der Waals surface area contributed by atoms with Gasteiger partial charge in [0.2, 0.25) is 0 Å². The summed E-state index contributed by atoms with van der Waals surface area (Å²) in [6, 6.07) is 3.60. The average molecular weight is 193 g/mol. The highest BCUT2D eigenvalue weighted by Gasteiger charge is 2.34. The van der Waals surface area contributed by atoms with E-state index in [2.05, 4.69) is 4.98 Å². The van der Waals surface area contributed by atoms with Crippen molar-refractivity contribution in [3.05, 3.63) is 30.1 Å². The minimum absolute atomic E-state index is 0.310. The number of nitrogens with zero attached hydrogens (tertiary/aromatic N) is 1. The number of ether oxygens (including phenoxy) is 1. The number of carbonyl (C=O) groups is 1. The third-order valence-electron chi connectivity index (χ3n) is 2.44. The van der Waals surface area contributed by atoms with Crippen LogP contribution in [0.15, 0.2) is 24.5 Å². The zero-order valence-electron chi connectivity index (χ0n) is 7.59. The van der Waals surface area contributed by atoms with E-state index in [-0.39, 0.29) is 6.10 Å². The molecule has 0 unspecified atom stereocenters. The lowest BCUT2D eigenvalue weighted by molar-refractivity contribution is -0.143. The molecule has 1 saturated heterocycles. The van der Waals surface area contributed by atoms with Crippen molar-refractivity contribution in [2.24, 2.45) is 5.92 Å². The Labute approximate surface area is 81.5 Å². The minimum Gasteiger partial charge on any atom is -0.481 e. The molecule has 1 aliphatic rings. The van der Waals surface area contributed by atoms with Crippen molar-refractivity contribution in [1.29, 1.82) is 0 Å². The molecule has 0 saturated carbocycles. The molecule has 0 radical (unpaired) electrons. The number of carboxylic acid groups (broad SMARTS) is 1. The Morgan fingerprint density at radius 3 is 2.86 bits per heavy atom. The summed E-state index contributed by atoms with van der Waals surface area (Å²) in [6.45, 7) is 0.518. The summed E-state index contributed by atoms with van der Waals surface area (Å²) in [7, 11) is 0. The molecule has 0 aromatic carbocycles. The quantitative estimate of drug-likeness (QED) is 0.767. The molecular weight excluding hydrogens is 182 g/mol. The smallest absolute Gasteiger partial charge is 0.309 e. The first-order valence-corrected chi connectivity index (χ1v) is 4.53. The van der Waals surface area contributed by atoms with Crippen LogP contribution in [0.1, 0.15) is 18.1 Å². The summed E-state index contributed by atoms with van der Waals surface area (Å²) in [4.78, 5) is 14.8. The van der Waals surface area contributed by atoms with Gasteiger partial charge in [0, 0.05) is 19.0 Å². The van der Waals surface area contributed by atoms with E-state index in [4.69, 9.17) is 9.84 Å². The number of aliphatic carboxylic acids is 1. The Morgan fingerprint density at radius 1 is 1.50 bits per heavy atom. The molecule has 1 aliphatic heterocycles. The van der Waals surface area contributed by atoms with Crippen LogP contribution in [0.5, 0.6) is 0 Å². The van der Waals surface area contributed by atoms with Crippen LogP contribution >= 0.6 is 0 Å². The second kappa shape index (κ2) is 3.75. The molecule has 1 aromatic rings. The van der Waals surface area contributed by atoms with Crippen LogP contribution in [0.4, 0.5) is 0 Å². The van der Waals surface area contributed by atoms with E-state index >= 15 is 0 Å². The number of hydrogen-bond donors (Lipinski definition) is 1. The van der Waals surface area contributed by atoms with E-state index < -0.39 is 11.9 Å². The Morgan fingerprint density at radius 2 is 2.21 bits per heavy atom. The van der Waals surface area contributed by atoms with E-state index in [1.54, 1.807) is 24.5 Å². The van der Waals surface area contributed by atoms with Crippen molar-refractivity contribution in [3.63, 3.8) is 0 Å². The molecule has 4 nitrogen and oxygen atoms in total. The molecule has 0 aliphatic carbocycles. The topological polar surface area (TPSA) is 59.4 Å². The largest absolute Gasteiger partial charge is 0.481 e. The first-order valence-electron chi connectivity index (χ1n) is 4.53. The van der Waals surface area contributed by atoms with Crippen molar-refractivity contribution in [2.75, 3.05) is 6.61 Å². The van der Waals surface area contributed by atoms with Crippen molar-refractivity contribution in [3.8, 4) is 0 Å². The van der Waals surface area contributed by atoms with Crippen molar-refractivity contribution < 1.29 is 14.6 Å². The van der Waals surface area contributed by atoms with Crippen LogP contribution in [0, 0.1) is 5.92 Å². The second-order valence-electron chi connectivity index (χ2n) is 3.31. The monoisotopic (exact) mass is 193 g/mol. The molecule has 2 heterocycles. The lowest BCUT2D eigenvalue weighted by Crippen LogP contribution is -2.17. The van der Waals surface area contributed by atoms with Crippen LogP contribution in [-0.2, 0) is 9.53 Å². The molecule has 0 spiro atoms. The van der Waals surface area contributed by atoms with Gasteiger partial charge in [-0.15, -0.1) is 0 Å². The molecule has 14 heavy (non-hydrogen) atoms. The zero-order valence-corrected chi connectivity index (χ0v) is 7.59. The minimum atomic E-state index is -0.788. The van der Waals surface area contributed by atoms with Gasteiger partial charge in [0.25, 0.3) is 0 Å². The molecule has 0 amide bonds. The maximum atomic E-state index is 10.9. The van der Waals surface area contributed by atoms with Crippen LogP contribution in [0.2, 0.25) is 0 Å². The summed E-state index contributed by atoms with van der Waals surface area (Å²) in [6.07, 6.45) is 3.57. The first kappa shape index (κ1) is 9.15. The lowest BCUT2D eigenvalue weighted by Gasteiger charge is -2.14. The van der Waals surface area contributed by atoms with Gasteiger partial charge in [-0.3, -0.25) is 9.78 Å². The fourth-order valence-electron chi connectivity index (χ4n) is 1.72. The van der Waals surface area contributed by atoms with Crippen LogP contribution in [-0.4, -0.2) is 22.7 Å². The van der Waals surface area contributed by atoms with Crippen LogP contribution in [0.25, 0.3) is 0 Å². The van der Waals surface area contributed by atoms with Gasteiger partial charge in [0.05, 0.1) is 12.0 Å². The van der Waals surface area contributed by atoms with Gasteiger partial charge in [-0.1, -0.05) is 0 Å². The third-order valence-corrected chi connectivity index (χ3v) is 2.44. The molecular formula is C10H11NO3. The highest BCUT2D eigenvalue weighted by Crippen LogP contribution is 2.34. The van der Waals surface area contributed by atoms with Crippen molar-refractivity contribution in [2.45, 2.75) is 12.5 Å². The lowest BCUT2D eigenvalue weighted by atomic mass is 9.96. The molecule has 1 N–H and O–H groups in total. The van der Waals surface area contributed by atoms with Gasteiger partial charge in [0.1, 0.15) is 0 Å². The maximum Gasteiger partial charge on any atom is 0.309 e. The van der Waals surface area contributed by atoms with Gasteiger partial charge < -0.3 is 9.84 Å². The van der Waals surface area contributed by atoms with E-state index in [0.717, 1.165) is 5.56 Å². The highest BCUT2D eigenvalue weighted by molar-refractivity contribution is 5.71. The molecule has 1 fully saturated rings. The maximum absolute atomic E-state index is 10.9. The predicted molar refractivity (Wildman–Crippen MR) is 48.7 cm³/mol. The summed E-state index contributed by atoms with van der Waals surface area (Å²) in [5.41, 5.74) is 0.893. The van der Waals surface area contributed by atoms with E-state index in [9.17, 15) is 4.79 Å². The summed E-state index contributed by atoms with van der Waals surface area (Å²) in [5.74, 6) is -1.21. The molecule has 74 valence electrons. The summed E-state index contributed by atoms with van der Waals surface area (Å²) >= 11 is 0. The van der Waals surface area contributed by atoms with Gasteiger partial charge in [-0.25, -0.2) is 0 Å². The Balaban J connectivity index is 2.22. The van der Waals surface area contributed by atoms with Gasteiger partial charge >= 0.3 is 5.97 Å². The summed E-state index contributed by atoms with van der Waals surface area (Å²) in [5, 5.41) is 8.95. The predicted octanol–water partition coefficient (Wildman–Crippen LogP) is 1.24. The zero-order chi connectivity index (χ0) is 9.97. The number of pyridine rings is 1. The highest BCUT2D eigenvalue weighted by atomic mass is 16.5. The van der Waals surface area contributed by atoms with E-state index in [0.29, 0.717) is 13.0 Å².